The standard InChI is InChI=1S/C51H97N5O3/c1-5-9-13-17-19-24-34-47(32-22-15-11-7-3)44-54-50(57)52-38-28-30-40-56(42-43-59-46-49-36-26-21-27-37-49)41-31-29-39-53-51(58)55-45-48(33-23-16-12-8-4)35-25-20-18-14-10-6-2/h21,26-27,36-37,47-48H,5-20,22-25,28-35,38-46H2,1-4H3,(H2,52,54,57)(H2,53,55,58). The van der Waals surface area contributed by atoms with E-state index >= 15 is 0 Å². The molecule has 59 heavy (non-hydrogen) atoms. The Labute approximate surface area is 365 Å². The molecule has 1 aromatic carbocycles. The highest BCUT2D eigenvalue weighted by molar-refractivity contribution is 5.74. The lowest BCUT2D eigenvalue weighted by Crippen LogP contribution is -2.39. The second-order valence-electron chi connectivity index (χ2n) is 17.6. The number of unbranched alkanes of at least 4 members (excludes halogenated alkanes) is 18. The zero-order valence-electron chi connectivity index (χ0n) is 39.4. The highest BCUT2D eigenvalue weighted by Crippen LogP contribution is 2.20. The number of hydrogen-bond acceptors (Lipinski definition) is 4. The summed E-state index contributed by atoms with van der Waals surface area (Å²) in [6.07, 6.45) is 35.1. The van der Waals surface area contributed by atoms with Crippen molar-refractivity contribution in [3.05, 3.63) is 35.9 Å². The molecule has 0 saturated carbocycles. The fourth-order valence-electron chi connectivity index (χ4n) is 8.06. The molecule has 4 N–H and O–H groups in total. The first-order chi connectivity index (χ1) is 29.0. The van der Waals surface area contributed by atoms with Gasteiger partial charge in [0.1, 0.15) is 0 Å². The molecule has 0 saturated heterocycles. The molecule has 0 aliphatic rings. The lowest BCUT2D eigenvalue weighted by molar-refractivity contribution is 0.0913. The Morgan fingerprint density at radius 3 is 1.29 bits per heavy atom. The fraction of sp³-hybridized carbons (Fsp3) is 0.843. The van der Waals surface area contributed by atoms with Gasteiger partial charge in [-0.15, -0.1) is 0 Å². The van der Waals surface area contributed by atoms with Crippen molar-refractivity contribution in [3.8, 4) is 0 Å². The largest absolute Gasteiger partial charge is 0.375 e. The molecule has 1 aromatic rings. The van der Waals surface area contributed by atoms with Gasteiger partial charge >= 0.3 is 12.1 Å². The topological polar surface area (TPSA) is 94.7 Å². The van der Waals surface area contributed by atoms with E-state index in [4.69, 9.17) is 4.74 Å². The van der Waals surface area contributed by atoms with Crippen LogP contribution in [0, 0.1) is 11.8 Å². The molecule has 8 heteroatoms. The SMILES string of the molecule is CCCCCCCCC(CCCCCC)CNC(=O)NCCCCN(CCCCNC(=O)NCC(CCCCCC)CCCCCCCC)CCOCc1ccccc1. The van der Waals surface area contributed by atoms with Gasteiger partial charge < -0.3 is 30.9 Å². The lowest BCUT2D eigenvalue weighted by Gasteiger charge is -2.22. The molecule has 1 rings (SSSR count). The Balaban J connectivity index is 2.44. The van der Waals surface area contributed by atoms with Gasteiger partial charge in [0, 0.05) is 32.7 Å². The van der Waals surface area contributed by atoms with E-state index in [1.165, 1.54) is 160 Å². The van der Waals surface area contributed by atoms with Crippen LogP contribution in [0.3, 0.4) is 0 Å². The Bertz CT molecular complexity index is 986. The van der Waals surface area contributed by atoms with Crippen molar-refractivity contribution in [2.75, 3.05) is 52.4 Å². The van der Waals surface area contributed by atoms with Crippen LogP contribution in [0.25, 0.3) is 0 Å². The van der Waals surface area contributed by atoms with Crippen molar-refractivity contribution in [1.82, 2.24) is 26.2 Å². The number of carbonyl (C=O) groups excluding carboxylic acids is 2. The monoisotopic (exact) mass is 828 g/mol. The number of urea groups is 2. The number of ether oxygens (including phenoxy) is 1. The smallest absolute Gasteiger partial charge is 0.314 e. The number of nitrogens with zero attached hydrogens (tertiary/aromatic N) is 1. The normalized spacial score (nSPS) is 12.4. The minimum absolute atomic E-state index is 0.0190. The maximum atomic E-state index is 12.7. The van der Waals surface area contributed by atoms with Crippen LogP contribution in [0.2, 0.25) is 0 Å². The maximum Gasteiger partial charge on any atom is 0.314 e. The maximum absolute atomic E-state index is 12.7. The Morgan fingerprint density at radius 1 is 0.475 bits per heavy atom. The van der Waals surface area contributed by atoms with Crippen LogP contribution < -0.4 is 21.3 Å². The van der Waals surface area contributed by atoms with Crippen molar-refractivity contribution >= 4 is 12.1 Å². The van der Waals surface area contributed by atoms with Gasteiger partial charge in [-0.25, -0.2) is 9.59 Å². The van der Waals surface area contributed by atoms with Crippen molar-refractivity contribution < 1.29 is 14.3 Å². The zero-order chi connectivity index (χ0) is 42.7. The first-order valence-corrected chi connectivity index (χ1v) is 25.4. The zero-order valence-corrected chi connectivity index (χ0v) is 39.4. The minimum atomic E-state index is -0.0190. The van der Waals surface area contributed by atoms with Crippen LogP contribution in [-0.2, 0) is 11.3 Å². The molecule has 344 valence electrons. The van der Waals surface area contributed by atoms with Crippen LogP contribution in [-0.4, -0.2) is 69.4 Å². The highest BCUT2D eigenvalue weighted by atomic mass is 16.5. The van der Waals surface area contributed by atoms with Crippen LogP contribution >= 0.6 is 0 Å². The van der Waals surface area contributed by atoms with Crippen molar-refractivity contribution in [2.45, 2.75) is 214 Å². The third-order valence-electron chi connectivity index (χ3n) is 12.0. The molecule has 2 unspecified atom stereocenters. The molecular formula is C51H97N5O3. The summed E-state index contributed by atoms with van der Waals surface area (Å²) in [7, 11) is 0. The number of hydrogen-bond donors (Lipinski definition) is 4. The third kappa shape index (κ3) is 36.1. The summed E-state index contributed by atoms with van der Waals surface area (Å²) in [5, 5.41) is 12.7. The molecular weight excluding hydrogens is 731 g/mol. The molecule has 0 aliphatic carbocycles. The van der Waals surface area contributed by atoms with Crippen LogP contribution in [0.4, 0.5) is 9.59 Å². The van der Waals surface area contributed by atoms with Gasteiger partial charge in [0.05, 0.1) is 13.2 Å². The molecule has 0 bridgehead atoms. The second kappa shape index (κ2) is 42.4. The van der Waals surface area contributed by atoms with E-state index in [0.29, 0.717) is 38.1 Å². The fourth-order valence-corrected chi connectivity index (χ4v) is 8.06. The summed E-state index contributed by atoms with van der Waals surface area (Å²) in [6, 6.07) is 10.3. The number of nitrogens with one attached hydrogen (secondary N) is 4. The quantitative estimate of drug-likeness (QED) is 0.0493. The highest BCUT2D eigenvalue weighted by Gasteiger charge is 2.13. The van der Waals surface area contributed by atoms with Crippen molar-refractivity contribution in [3.63, 3.8) is 0 Å². The van der Waals surface area contributed by atoms with Gasteiger partial charge in [0.2, 0.25) is 0 Å². The van der Waals surface area contributed by atoms with E-state index in [-0.39, 0.29) is 12.1 Å². The summed E-state index contributed by atoms with van der Waals surface area (Å²) in [5.74, 6) is 1.17. The van der Waals surface area contributed by atoms with Crippen molar-refractivity contribution in [1.29, 1.82) is 0 Å². The average molecular weight is 828 g/mol. The summed E-state index contributed by atoms with van der Waals surface area (Å²) < 4.78 is 6.05. The molecule has 2 atom stereocenters. The van der Waals surface area contributed by atoms with E-state index in [0.717, 1.165) is 58.4 Å². The molecule has 0 radical (unpaired) electrons. The van der Waals surface area contributed by atoms with E-state index in [1.807, 2.05) is 6.07 Å². The first kappa shape index (κ1) is 54.7. The predicted molar refractivity (Wildman–Crippen MR) is 254 cm³/mol. The van der Waals surface area contributed by atoms with E-state index in [1.54, 1.807) is 0 Å². The molecule has 0 aliphatic heterocycles. The van der Waals surface area contributed by atoms with Gasteiger partial charge in [-0.1, -0.05) is 186 Å². The summed E-state index contributed by atoms with van der Waals surface area (Å²) >= 11 is 0. The average Bonchev–Trinajstić information content (AvgIpc) is 3.25. The van der Waals surface area contributed by atoms with Gasteiger partial charge in [-0.2, -0.15) is 0 Å². The first-order valence-electron chi connectivity index (χ1n) is 25.4. The van der Waals surface area contributed by atoms with E-state index in [9.17, 15) is 9.59 Å². The molecule has 0 fully saturated rings. The summed E-state index contributed by atoms with van der Waals surface area (Å²) in [5.41, 5.74) is 1.20. The predicted octanol–water partition coefficient (Wildman–Crippen LogP) is 13.3. The third-order valence-corrected chi connectivity index (χ3v) is 12.0. The van der Waals surface area contributed by atoms with Crippen LogP contribution in [0.15, 0.2) is 30.3 Å². The lowest BCUT2D eigenvalue weighted by atomic mass is 9.94. The molecule has 0 spiro atoms. The minimum Gasteiger partial charge on any atom is -0.375 e. The van der Waals surface area contributed by atoms with Crippen molar-refractivity contribution in [2.24, 2.45) is 11.8 Å². The van der Waals surface area contributed by atoms with Crippen LogP contribution in [0.1, 0.15) is 213 Å². The number of carbonyl (C=O) groups is 2. The molecule has 8 nitrogen and oxygen atoms in total. The summed E-state index contributed by atoms with van der Waals surface area (Å²) in [4.78, 5) is 28.0. The number of amides is 4. The van der Waals surface area contributed by atoms with Gasteiger partial charge in [-0.3, -0.25) is 0 Å². The van der Waals surface area contributed by atoms with Gasteiger partial charge in [0.15, 0.2) is 0 Å². The second-order valence-corrected chi connectivity index (χ2v) is 17.6. The summed E-state index contributed by atoms with van der Waals surface area (Å²) in [6.45, 7) is 16.2. The Hall–Kier alpha value is -2.32. The molecule has 4 amide bonds. The van der Waals surface area contributed by atoms with Gasteiger partial charge in [0.25, 0.3) is 0 Å². The van der Waals surface area contributed by atoms with Crippen LogP contribution in [0.5, 0.6) is 0 Å². The van der Waals surface area contributed by atoms with E-state index in [2.05, 4.69) is 78.1 Å². The molecule has 0 heterocycles. The Kier molecular flexibility index (Phi) is 39.3. The number of rotatable bonds is 43. The molecule has 0 aromatic heterocycles. The number of benzene rings is 1. The Morgan fingerprint density at radius 2 is 0.864 bits per heavy atom. The van der Waals surface area contributed by atoms with E-state index < -0.39 is 0 Å². The van der Waals surface area contributed by atoms with Gasteiger partial charge in [-0.05, 0) is 81.9 Å².